The minimum Gasteiger partial charge on any atom is -0.495 e. The van der Waals surface area contributed by atoms with Crippen LogP contribution < -0.4 is 15.8 Å². The number of alkyl halides is 3. The summed E-state index contributed by atoms with van der Waals surface area (Å²) in [6.45, 7) is 1.98. The van der Waals surface area contributed by atoms with Gasteiger partial charge in [0.15, 0.2) is 5.78 Å². The lowest BCUT2D eigenvalue weighted by molar-refractivity contribution is -0.138. The van der Waals surface area contributed by atoms with Crippen LogP contribution >= 0.6 is 0 Å². The molecule has 0 unspecified atom stereocenters. The Morgan fingerprint density at radius 3 is 2.59 bits per heavy atom. The summed E-state index contributed by atoms with van der Waals surface area (Å²) in [5.41, 5.74) is 6.32. The van der Waals surface area contributed by atoms with Crippen molar-refractivity contribution in [1.29, 1.82) is 0 Å². The van der Waals surface area contributed by atoms with Crippen molar-refractivity contribution in [3.63, 3.8) is 0 Å². The van der Waals surface area contributed by atoms with Gasteiger partial charge in [-0.15, -0.1) is 0 Å². The van der Waals surface area contributed by atoms with E-state index in [1.807, 2.05) is 0 Å². The second-order valence-corrected chi connectivity index (χ2v) is 10.4. The average Bonchev–Trinajstić information content (AvgIpc) is 2.86. The summed E-state index contributed by atoms with van der Waals surface area (Å²) in [5, 5.41) is 2.98. The molecule has 7 nitrogen and oxygen atoms in total. The van der Waals surface area contributed by atoms with Gasteiger partial charge in [-0.05, 0) is 82.3 Å². The van der Waals surface area contributed by atoms with E-state index in [4.69, 9.17) is 10.5 Å². The second-order valence-electron chi connectivity index (χ2n) is 10.4. The fourth-order valence-corrected chi connectivity index (χ4v) is 5.34. The van der Waals surface area contributed by atoms with Crippen LogP contribution in [0.5, 0.6) is 5.75 Å². The summed E-state index contributed by atoms with van der Waals surface area (Å²) in [7, 11) is 3.57. The molecular weight excluding hydrogens is 483 g/mol. The third-order valence-electron chi connectivity index (χ3n) is 7.68. The lowest BCUT2D eigenvalue weighted by Crippen LogP contribution is -2.35. The maximum atomic E-state index is 13.7. The van der Waals surface area contributed by atoms with E-state index in [1.165, 1.54) is 7.11 Å². The standard InChI is InChI=1S/C27H36F3N5O2/c1-35-11-9-17(10-12-35)13-24(36)19-7-8-22(25(15-19)37-2)33-26-32-16-20(27(28,29)30)23(34-26)14-18-5-3-4-6-21(18)31/h7-8,15-18,21H,3-6,9-14,31H2,1-2H3,(H,32,33,34)/t18-,21+/m0/s1. The molecular formula is C27H36F3N5O2. The van der Waals surface area contributed by atoms with E-state index in [1.54, 1.807) is 18.2 Å². The average molecular weight is 520 g/mol. The van der Waals surface area contributed by atoms with Gasteiger partial charge >= 0.3 is 6.18 Å². The van der Waals surface area contributed by atoms with E-state index >= 15 is 0 Å². The number of hydrogen-bond donors (Lipinski definition) is 2. The van der Waals surface area contributed by atoms with Crippen molar-refractivity contribution in [3.05, 3.63) is 41.2 Å². The zero-order chi connectivity index (χ0) is 26.6. The maximum Gasteiger partial charge on any atom is 0.419 e. The van der Waals surface area contributed by atoms with Crippen molar-refractivity contribution < 1.29 is 22.7 Å². The first-order valence-corrected chi connectivity index (χ1v) is 13.0. The van der Waals surface area contributed by atoms with Crippen molar-refractivity contribution in [1.82, 2.24) is 14.9 Å². The monoisotopic (exact) mass is 519 g/mol. The number of hydrogen-bond acceptors (Lipinski definition) is 7. The number of ether oxygens (including phenoxy) is 1. The number of aromatic nitrogens is 2. The number of piperidine rings is 1. The third-order valence-corrected chi connectivity index (χ3v) is 7.68. The maximum absolute atomic E-state index is 13.7. The fourth-order valence-electron chi connectivity index (χ4n) is 5.34. The number of likely N-dealkylation sites (tertiary alicyclic amines) is 1. The Bertz CT molecular complexity index is 1090. The summed E-state index contributed by atoms with van der Waals surface area (Å²) in [4.78, 5) is 23.3. The predicted molar refractivity (Wildman–Crippen MR) is 136 cm³/mol. The molecule has 0 spiro atoms. The Hall–Kier alpha value is -2.72. The number of carbonyl (C=O) groups excluding carboxylic acids is 1. The van der Waals surface area contributed by atoms with Gasteiger partial charge in [0.05, 0.1) is 24.1 Å². The Labute approximate surface area is 216 Å². The van der Waals surface area contributed by atoms with Gasteiger partial charge in [0, 0.05) is 24.2 Å². The van der Waals surface area contributed by atoms with Crippen LogP contribution in [-0.2, 0) is 12.6 Å². The molecule has 202 valence electrons. The normalized spacial score (nSPS) is 21.6. The number of nitrogens with zero attached hydrogens (tertiary/aromatic N) is 3. The first kappa shape index (κ1) is 27.3. The van der Waals surface area contributed by atoms with Crippen LogP contribution in [0, 0.1) is 11.8 Å². The Morgan fingerprint density at radius 1 is 1.19 bits per heavy atom. The minimum atomic E-state index is -4.56. The first-order chi connectivity index (χ1) is 17.6. The highest BCUT2D eigenvalue weighted by Crippen LogP contribution is 2.35. The van der Waals surface area contributed by atoms with Gasteiger partial charge in [0.1, 0.15) is 5.75 Å². The molecule has 1 aliphatic heterocycles. The molecule has 37 heavy (non-hydrogen) atoms. The highest BCUT2D eigenvalue weighted by molar-refractivity contribution is 5.97. The number of nitrogens with two attached hydrogens (primary N) is 1. The zero-order valence-corrected chi connectivity index (χ0v) is 21.5. The summed E-state index contributed by atoms with van der Waals surface area (Å²) < 4.78 is 46.6. The van der Waals surface area contributed by atoms with Crippen LogP contribution in [-0.4, -0.2) is 53.9 Å². The number of carbonyl (C=O) groups is 1. The topological polar surface area (TPSA) is 93.4 Å². The van der Waals surface area contributed by atoms with Gasteiger partial charge in [-0.3, -0.25) is 4.79 Å². The molecule has 2 fully saturated rings. The molecule has 1 aromatic heterocycles. The molecule has 0 radical (unpaired) electrons. The van der Waals surface area contributed by atoms with E-state index in [0.29, 0.717) is 29.3 Å². The molecule has 2 atom stereocenters. The van der Waals surface area contributed by atoms with Crippen molar-refractivity contribution in [2.24, 2.45) is 17.6 Å². The molecule has 10 heteroatoms. The number of nitrogens with one attached hydrogen (secondary N) is 1. The lowest BCUT2D eigenvalue weighted by Gasteiger charge is -2.29. The van der Waals surface area contributed by atoms with Crippen LogP contribution in [0.15, 0.2) is 24.4 Å². The molecule has 0 bridgehead atoms. The van der Waals surface area contributed by atoms with E-state index in [-0.39, 0.29) is 35.8 Å². The molecule has 4 rings (SSSR count). The lowest BCUT2D eigenvalue weighted by atomic mass is 9.81. The van der Waals surface area contributed by atoms with Crippen molar-refractivity contribution in [2.45, 2.75) is 63.6 Å². The minimum absolute atomic E-state index is 0.0380. The van der Waals surface area contributed by atoms with Gasteiger partial charge in [-0.25, -0.2) is 9.97 Å². The smallest absolute Gasteiger partial charge is 0.419 e. The number of benzene rings is 1. The number of Topliss-reactive ketones (excluding diaryl/α,β-unsaturated/α-hetero) is 1. The number of ketones is 1. The quantitative estimate of drug-likeness (QED) is 0.462. The van der Waals surface area contributed by atoms with Crippen molar-refractivity contribution in [3.8, 4) is 5.75 Å². The van der Waals surface area contributed by atoms with Crippen LogP contribution in [0.1, 0.15) is 66.6 Å². The van der Waals surface area contributed by atoms with Gasteiger partial charge in [-0.2, -0.15) is 13.2 Å². The Balaban J connectivity index is 1.51. The SMILES string of the molecule is COc1cc(C(=O)CC2CCN(C)CC2)ccc1Nc1ncc(C(F)(F)F)c(C[C@@H]2CCCC[C@H]2N)n1. The van der Waals surface area contributed by atoms with Crippen molar-refractivity contribution in [2.75, 3.05) is 32.6 Å². The molecule has 1 aromatic carbocycles. The molecule has 0 amide bonds. The summed E-state index contributed by atoms with van der Waals surface area (Å²) in [6, 6.07) is 4.90. The van der Waals surface area contributed by atoms with Crippen LogP contribution in [0.25, 0.3) is 0 Å². The van der Waals surface area contributed by atoms with Crippen LogP contribution in [0.4, 0.5) is 24.8 Å². The van der Waals surface area contributed by atoms with E-state index in [2.05, 4.69) is 27.2 Å². The number of methoxy groups -OCH3 is 1. The molecule has 1 saturated heterocycles. The third kappa shape index (κ3) is 6.98. The molecule has 1 aliphatic carbocycles. The number of halogens is 3. The Kier molecular flexibility index (Phi) is 8.69. The first-order valence-electron chi connectivity index (χ1n) is 13.0. The second kappa shape index (κ2) is 11.8. The predicted octanol–water partition coefficient (Wildman–Crippen LogP) is 5.22. The van der Waals surface area contributed by atoms with Gasteiger partial charge in [0.25, 0.3) is 0 Å². The highest BCUT2D eigenvalue weighted by Gasteiger charge is 2.36. The fraction of sp³-hybridized carbons (Fsp3) is 0.593. The van der Waals surface area contributed by atoms with Gasteiger partial charge in [0.2, 0.25) is 5.95 Å². The van der Waals surface area contributed by atoms with Gasteiger partial charge in [-0.1, -0.05) is 12.8 Å². The molecule has 1 saturated carbocycles. The number of anilines is 2. The zero-order valence-electron chi connectivity index (χ0n) is 21.5. The molecule has 3 N–H and O–H groups in total. The van der Waals surface area contributed by atoms with E-state index in [0.717, 1.165) is 57.8 Å². The highest BCUT2D eigenvalue weighted by atomic mass is 19.4. The van der Waals surface area contributed by atoms with E-state index < -0.39 is 11.7 Å². The summed E-state index contributed by atoms with van der Waals surface area (Å²) in [6.07, 6.45) is 2.44. The van der Waals surface area contributed by atoms with Crippen molar-refractivity contribution >= 4 is 17.4 Å². The molecule has 2 aromatic rings. The Morgan fingerprint density at radius 2 is 1.92 bits per heavy atom. The largest absolute Gasteiger partial charge is 0.495 e. The summed E-state index contributed by atoms with van der Waals surface area (Å²) in [5.74, 6) is 0.798. The molecule has 2 aliphatic rings. The van der Waals surface area contributed by atoms with Gasteiger partial charge < -0.3 is 20.7 Å². The molecule has 2 heterocycles. The van der Waals surface area contributed by atoms with Crippen LogP contribution in [0.3, 0.4) is 0 Å². The van der Waals surface area contributed by atoms with Crippen LogP contribution in [0.2, 0.25) is 0 Å². The number of rotatable bonds is 8. The summed E-state index contributed by atoms with van der Waals surface area (Å²) >= 11 is 0. The van der Waals surface area contributed by atoms with E-state index in [9.17, 15) is 18.0 Å².